The summed E-state index contributed by atoms with van der Waals surface area (Å²) < 4.78 is 0. The second-order valence-electron chi connectivity index (χ2n) is 8.19. The number of carbonyl (C=O) groups excluding carboxylic acids is 2. The number of nitrogens with one attached hydrogen (secondary N) is 3. The molecule has 0 saturated heterocycles. The van der Waals surface area contributed by atoms with Gasteiger partial charge in [0.15, 0.2) is 0 Å². The molecule has 5 heteroatoms. The molecule has 29 heavy (non-hydrogen) atoms. The topological polar surface area (TPSA) is 74.0 Å². The van der Waals surface area contributed by atoms with Crippen LogP contribution < -0.4 is 10.6 Å². The van der Waals surface area contributed by atoms with Gasteiger partial charge in [-0.05, 0) is 73.9 Å². The molecule has 0 spiro atoms. The van der Waals surface area contributed by atoms with Crippen LogP contribution in [-0.4, -0.2) is 23.3 Å². The van der Waals surface area contributed by atoms with Gasteiger partial charge in [-0.2, -0.15) is 0 Å². The average molecular weight is 389 g/mol. The van der Waals surface area contributed by atoms with E-state index in [4.69, 9.17) is 0 Å². The highest BCUT2D eigenvalue weighted by Crippen LogP contribution is 2.32. The van der Waals surface area contributed by atoms with Gasteiger partial charge >= 0.3 is 0 Å². The standard InChI is InChI=1S/C24H27N3O2/c1-14-7-9-20-18(11-14)19-12-17(8-10-21(19)26-20)24(29)25-13-22(28)27-23-15(2)5-4-6-16(23)3/h4-6,8,10,12,14,26H,7,9,11,13H2,1-3H3,(H,25,29)(H,27,28). The molecule has 150 valence electrons. The van der Waals surface area contributed by atoms with Crippen LogP contribution in [0.2, 0.25) is 0 Å². The first kappa shape index (κ1) is 19.2. The highest BCUT2D eigenvalue weighted by Gasteiger charge is 2.20. The van der Waals surface area contributed by atoms with Crippen LogP contribution >= 0.6 is 0 Å². The number of rotatable bonds is 4. The molecular formula is C24H27N3O2. The van der Waals surface area contributed by atoms with Crippen LogP contribution in [0.1, 0.15) is 46.1 Å². The molecule has 1 unspecified atom stereocenters. The van der Waals surface area contributed by atoms with Crippen molar-refractivity contribution in [2.75, 3.05) is 11.9 Å². The maximum atomic E-state index is 12.6. The maximum Gasteiger partial charge on any atom is 0.251 e. The second kappa shape index (κ2) is 7.74. The molecule has 1 aliphatic rings. The van der Waals surface area contributed by atoms with E-state index in [0.717, 1.165) is 40.6 Å². The molecule has 5 nitrogen and oxygen atoms in total. The first-order valence-electron chi connectivity index (χ1n) is 10.2. The zero-order valence-electron chi connectivity index (χ0n) is 17.2. The summed E-state index contributed by atoms with van der Waals surface area (Å²) >= 11 is 0. The lowest BCUT2D eigenvalue weighted by Crippen LogP contribution is -2.33. The Kier molecular flexibility index (Phi) is 5.14. The van der Waals surface area contributed by atoms with Crippen molar-refractivity contribution in [2.45, 2.75) is 40.0 Å². The predicted octanol–water partition coefficient (Wildman–Crippen LogP) is 4.28. The van der Waals surface area contributed by atoms with Crippen molar-refractivity contribution in [2.24, 2.45) is 5.92 Å². The van der Waals surface area contributed by atoms with Gasteiger partial charge in [0.05, 0.1) is 6.54 Å². The third kappa shape index (κ3) is 3.90. The van der Waals surface area contributed by atoms with Crippen molar-refractivity contribution < 1.29 is 9.59 Å². The molecule has 0 aliphatic heterocycles. The van der Waals surface area contributed by atoms with Gasteiger partial charge in [-0.15, -0.1) is 0 Å². The minimum absolute atomic E-state index is 0.0626. The summed E-state index contributed by atoms with van der Waals surface area (Å²) in [5.41, 5.74) is 7.10. The summed E-state index contributed by atoms with van der Waals surface area (Å²) in [6.07, 6.45) is 3.30. The number of aryl methyl sites for hydroxylation is 3. The van der Waals surface area contributed by atoms with E-state index in [9.17, 15) is 9.59 Å². The molecule has 0 radical (unpaired) electrons. The van der Waals surface area contributed by atoms with Crippen LogP contribution in [0.25, 0.3) is 10.9 Å². The third-order valence-electron chi connectivity index (χ3n) is 5.85. The number of hydrogen-bond acceptors (Lipinski definition) is 2. The zero-order chi connectivity index (χ0) is 20.5. The molecule has 0 bridgehead atoms. The van der Waals surface area contributed by atoms with E-state index in [1.807, 2.05) is 50.2 Å². The van der Waals surface area contributed by atoms with Gasteiger partial charge in [-0.3, -0.25) is 9.59 Å². The van der Waals surface area contributed by atoms with Gasteiger partial charge in [0.1, 0.15) is 0 Å². The van der Waals surface area contributed by atoms with Crippen LogP contribution in [0.3, 0.4) is 0 Å². The molecule has 1 aromatic heterocycles. The van der Waals surface area contributed by atoms with Crippen LogP contribution in [-0.2, 0) is 17.6 Å². The van der Waals surface area contributed by atoms with Crippen LogP contribution in [0.5, 0.6) is 0 Å². The summed E-state index contributed by atoms with van der Waals surface area (Å²) in [6, 6.07) is 11.6. The van der Waals surface area contributed by atoms with Gasteiger partial charge in [0.2, 0.25) is 5.91 Å². The highest BCUT2D eigenvalue weighted by atomic mass is 16.2. The number of hydrogen-bond donors (Lipinski definition) is 3. The Morgan fingerprint density at radius 1 is 1.14 bits per heavy atom. The summed E-state index contributed by atoms with van der Waals surface area (Å²) in [6.45, 7) is 6.11. The van der Waals surface area contributed by atoms with Crippen molar-refractivity contribution in [1.82, 2.24) is 10.3 Å². The smallest absolute Gasteiger partial charge is 0.251 e. The lowest BCUT2D eigenvalue weighted by Gasteiger charge is -2.18. The molecular weight excluding hydrogens is 362 g/mol. The minimum atomic E-state index is -0.234. The van der Waals surface area contributed by atoms with Gasteiger partial charge in [0, 0.05) is 27.8 Å². The fraction of sp³-hybridized carbons (Fsp3) is 0.333. The normalized spacial score (nSPS) is 15.8. The van der Waals surface area contributed by atoms with Gasteiger partial charge < -0.3 is 15.6 Å². The fourth-order valence-corrected chi connectivity index (χ4v) is 4.19. The Morgan fingerprint density at radius 2 is 1.90 bits per heavy atom. The van der Waals surface area contributed by atoms with E-state index in [-0.39, 0.29) is 18.4 Å². The molecule has 1 heterocycles. The number of fused-ring (bicyclic) bond motifs is 3. The van der Waals surface area contributed by atoms with Crippen molar-refractivity contribution in [3.63, 3.8) is 0 Å². The largest absolute Gasteiger partial charge is 0.358 e. The van der Waals surface area contributed by atoms with Crippen molar-refractivity contribution in [3.05, 3.63) is 64.3 Å². The Bertz CT molecular complexity index is 1080. The van der Waals surface area contributed by atoms with Gasteiger partial charge in [0.25, 0.3) is 5.91 Å². The number of anilines is 1. The van der Waals surface area contributed by atoms with Crippen molar-refractivity contribution in [1.29, 1.82) is 0 Å². The molecule has 2 amide bonds. The Morgan fingerprint density at radius 3 is 2.66 bits per heavy atom. The van der Waals surface area contributed by atoms with E-state index in [0.29, 0.717) is 11.5 Å². The number of para-hydroxylation sites is 1. The van der Waals surface area contributed by atoms with E-state index in [2.05, 4.69) is 22.5 Å². The third-order valence-corrected chi connectivity index (χ3v) is 5.85. The molecule has 3 N–H and O–H groups in total. The number of H-pyrrole nitrogens is 1. The van der Waals surface area contributed by atoms with Crippen LogP contribution in [0, 0.1) is 19.8 Å². The monoisotopic (exact) mass is 389 g/mol. The summed E-state index contributed by atoms with van der Waals surface area (Å²) in [5, 5.41) is 6.76. The Hall–Kier alpha value is -3.08. The first-order chi connectivity index (χ1) is 13.9. The Labute approximate surface area is 170 Å². The molecule has 4 rings (SSSR count). The predicted molar refractivity (Wildman–Crippen MR) is 116 cm³/mol. The number of aromatic amines is 1. The van der Waals surface area contributed by atoms with Crippen molar-refractivity contribution >= 4 is 28.4 Å². The van der Waals surface area contributed by atoms with E-state index in [1.54, 1.807) is 0 Å². The van der Waals surface area contributed by atoms with Crippen molar-refractivity contribution in [3.8, 4) is 0 Å². The fourth-order valence-electron chi connectivity index (χ4n) is 4.19. The summed E-state index contributed by atoms with van der Waals surface area (Å²) in [7, 11) is 0. The number of carbonyl (C=O) groups is 2. The SMILES string of the molecule is Cc1cccc(C)c1NC(=O)CNC(=O)c1ccc2[nH]c3c(c2c1)CC(C)CC3. The molecule has 2 aromatic carbocycles. The van der Waals surface area contributed by atoms with Gasteiger partial charge in [-0.25, -0.2) is 0 Å². The van der Waals surface area contributed by atoms with Crippen LogP contribution in [0.4, 0.5) is 5.69 Å². The van der Waals surface area contributed by atoms with E-state index < -0.39 is 0 Å². The number of aromatic nitrogens is 1. The number of amides is 2. The minimum Gasteiger partial charge on any atom is -0.358 e. The average Bonchev–Trinajstić information content (AvgIpc) is 3.06. The summed E-state index contributed by atoms with van der Waals surface area (Å²) in [4.78, 5) is 28.4. The van der Waals surface area contributed by atoms with Crippen LogP contribution in [0.15, 0.2) is 36.4 Å². The number of benzene rings is 2. The zero-order valence-corrected chi connectivity index (χ0v) is 17.2. The molecule has 0 fully saturated rings. The highest BCUT2D eigenvalue weighted by molar-refractivity contribution is 6.02. The maximum absolute atomic E-state index is 12.6. The molecule has 0 saturated carbocycles. The molecule has 3 aromatic rings. The summed E-state index contributed by atoms with van der Waals surface area (Å²) in [5.74, 6) is 0.194. The Balaban J connectivity index is 1.45. The first-order valence-corrected chi connectivity index (χ1v) is 10.2. The molecule has 1 atom stereocenters. The lowest BCUT2D eigenvalue weighted by molar-refractivity contribution is -0.115. The second-order valence-corrected chi connectivity index (χ2v) is 8.19. The van der Waals surface area contributed by atoms with E-state index in [1.165, 1.54) is 17.7 Å². The molecule has 1 aliphatic carbocycles. The quantitative estimate of drug-likeness (QED) is 0.623. The van der Waals surface area contributed by atoms with Gasteiger partial charge in [-0.1, -0.05) is 25.1 Å². The lowest BCUT2D eigenvalue weighted by atomic mass is 9.87. The van der Waals surface area contributed by atoms with E-state index >= 15 is 0 Å².